The Hall–Kier alpha value is -3.62. The van der Waals surface area contributed by atoms with E-state index in [0.29, 0.717) is 49.6 Å². The van der Waals surface area contributed by atoms with E-state index in [1.165, 1.54) is 6.08 Å². The van der Waals surface area contributed by atoms with Gasteiger partial charge >= 0.3 is 0 Å². The lowest BCUT2D eigenvalue weighted by Gasteiger charge is -2.13. The minimum atomic E-state index is -0.564. The van der Waals surface area contributed by atoms with Crippen LogP contribution in [0.25, 0.3) is 6.08 Å². The normalized spacial score (nSPS) is 10.7. The third-order valence-corrected chi connectivity index (χ3v) is 6.01. The molecule has 0 aliphatic rings. The van der Waals surface area contributed by atoms with Crippen LogP contribution in [0.5, 0.6) is 17.2 Å². The highest BCUT2D eigenvalue weighted by molar-refractivity contribution is 9.10. The van der Waals surface area contributed by atoms with Gasteiger partial charge in [0.25, 0.3) is 5.91 Å². The molecule has 9 heteroatoms. The van der Waals surface area contributed by atoms with Gasteiger partial charge in [-0.25, -0.2) is 0 Å². The molecule has 0 fully saturated rings. The van der Waals surface area contributed by atoms with Gasteiger partial charge in [0.15, 0.2) is 11.5 Å². The second-order valence-corrected chi connectivity index (χ2v) is 9.13. The lowest BCUT2D eigenvalue weighted by Crippen LogP contribution is -2.13. The van der Waals surface area contributed by atoms with Gasteiger partial charge in [-0.3, -0.25) is 4.79 Å². The van der Waals surface area contributed by atoms with Crippen molar-refractivity contribution in [2.75, 3.05) is 18.5 Å². The van der Waals surface area contributed by atoms with Gasteiger partial charge in [0.05, 0.1) is 11.1 Å². The van der Waals surface area contributed by atoms with Crippen molar-refractivity contribution in [2.24, 2.45) is 0 Å². The predicted molar refractivity (Wildman–Crippen MR) is 149 cm³/mol. The van der Waals surface area contributed by atoms with Gasteiger partial charge in [-0.1, -0.05) is 35.2 Å². The minimum Gasteiger partial charge on any atom is -0.490 e. The van der Waals surface area contributed by atoms with E-state index >= 15 is 0 Å². The van der Waals surface area contributed by atoms with Crippen molar-refractivity contribution in [1.29, 1.82) is 5.26 Å². The zero-order valence-electron chi connectivity index (χ0n) is 19.7. The molecule has 0 aromatic heterocycles. The highest BCUT2D eigenvalue weighted by Gasteiger charge is 2.14. The van der Waals surface area contributed by atoms with E-state index < -0.39 is 5.91 Å². The minimum absolute atomic E-state index is 0.0679. The molecule has 1 amide bonds. The molecule has 0 heterocycles. The van der Waals surface area contributed by atoms with Crippen LogP contribution in [-0.2, 0) is 11.4 Å². The Morgan fingerprint density at radius 1 is 1.11 bits per heavy atom. The Morgan fingerprint density at radius 2 is 1.86 bits per heavy atom. The summed E-state index contributed by atoms with van der Waals surface area (Å²) >= 11 is 15.5. The lowest BCUT2D eigenvalue weighted by atomic mass is 10.1. The smallest absolute Gasteiger partial charge is 0.266 e. The van der Waals surface area contributed by atoms with Crippen LogP contribution >= 0.6 is 39.1 Å². The summed E-state index contributed by atoms with van der Waals surface area (Å²) in [7, 11) is 0. The van der Waals surface area contributed by atoms with E-state index in [1.54, 1.807) is 54.6 Å². The van der Waals surface area contributed by atoms with Crippen molar-refractivity contribution in [3.05, 3.63) is 85.8 Å². The first-order valence-corrected chi connectivity index (χ1v) is 12.5. The Kier molecular flexibility index (Phi) is 10.3. The number of terminal acetylenes is 1. The maximum absolute atomic E-state index is 12.8. The number of rotatable bonds is 10. The quantitative estimate of drug-likeness (QED) is 0.150. The number of benzene rings is 3. The molecule has 0 unspecified atom stereocenters. The molecule has 0 aliphatic carbocycles. The molecule has 3 aromatic rings. The Bertz CT molecular complexity index is 1390. The number of halogens is 3. The lowest BCUT2D eigenvalue weighted by molar-refractivity contribution is -0.112. The third-order valence-electron chi connectivity index (χ3n) is 4.83. The highest BCUT2D eigenvalue weighted by atomic mass is 79.9. The van der Waals surface area contributed by atoms with Gasteiger partial charge in [0.2, 0.25) is 0 Å². The topological polar surface area (TPSA) is 80.6 Å². The zero-order chi connectivity index (χ0) is 26.8. The number of carbonyl (C=O) groups is 1. The summed E-state index contributed by atoms with van der Waals surface area (Å²) in [4.78, 5) is 12.8. The highest BCUT2D eigenvalue weighted by Crippen LogP contribution is 2.37. The molecule has 1 N–H and O–H groups in total. The first kappa shape index (κ1) is 28.0. The largest absolute Gasteiger partial charge is 0.490 e. The number of hydrogen-bond acceptors (Lipinski definition) is 5. The van der Waals surface area contributed by atoms with Gasteiger partial charge < -0.3 is 19.5 Å². The third kappa shape index (κ3) is 7.93. The molecule has 188 valence electrons. The molecular weight excluding hydrogens is 579 g/mol. The molecule has 0 spiro atoms. The van der Waals surface area contributed by atoms with Crippen LogP contribution in [0.1, 0.15) is 18.1 Å². The average Bonchev–Trinajstić information content (AvgIpc) is 2.87. The van der Waals surface area contributed by atoms with Crippen molar-refractivity contribution in [1.82, 2.24) is 0 Å². The Labute approximate surface area is 233 Å². The van der Waals surface area contributed by atoms with E-state index in [2.05, 4.69) is 27.2 Å². The SMILES string of the molecule is C#CCOc1c(Br)cc(/C=C(\C#N)C(=O)Nc2ccc(OCc3ccc(Cl)cc3Cl)cc2)cc1OCC. The number of nitriles is 1. The summed E-state index contributed by atoms with van der Waals surface area (Å²) in [5, 5.41) is 13.4. The van der Waals surface area contributed by atoms with Gasteiger partial charge in [-0.2, -0.15) is 5.26 Å². The molecule has 0 bridgehead atoms. The number of amides is 1. The summed E-state index contributed by atoms with van der Waals surface area (Å²) in [6.07, 6.45) is 6.74. The Morgan fingerprint density at radius 3 is 2.51 bits per heavy atom. The number of ether oxygens (including phenoxy) is 3. The van der Waals surface area contributed by atoms with Crippen LogP contribution in [0.15, 0.2) is 64.6 Å². The van der Waals surface area contributed by atoms with Crippen molar-refractivity contribution in [3.8, 4) is 35.7 Å². The number of carbonyl (C=O) groups excluding carboxylic acids is 1. The van der Waals surface area contributed by atoms with E-state index in [4.69, 9.17) is 43.8 Å². The number of hydrogen-bond donors (Lipinski definition) is 1. The summed E-state index contributed by atoms with van der Waals surface area (Å²) in [6.45, 7) is 2.55. The maximum Gasteiger partial charge on any atom is 0.266 e. The van der Waals surface area contributed by atoms with Crippen LogP contribution in [-0.4, -0.2) is 19.1 Å². The average molecular weight is 600 g/mol. The first-order valence-electron chi connectivity index (χ1n) is 11.0. The molecule has 6 nitrogen and oxygen atoms in total. The molecule has 3 aromatic carbocycles. The van der Waals surface area contributed by atoms with Gasteiger partial charge in [-0.15, -0.1) is 6.42 Å². The monoisotopic (exact) mass is 598 g/mol. The summed E-state index contributed by atoms with van der Waals surface area (Å²) < 4.78 is 17.5. The standard InChI is InChI=1S/C28H21BrCl2N2O4/c1-3-11-36-27-24(29)13-18(14-26(27)35-4-2)12-20(16-32)28(34)33-22-7-9-23(10-8-22)37-17-19-5-6-21(30)15-25(19)31/h1,5-10,12-15H,4,11,17H2,2H3,(H,33,34)/b20-12+. The maximum atomic E-state index is 12.8. The van der Waals surface area contributed by atoms with Crippen LogP contribution in [0.3, 0.4) is 0 Å². The number of nitrogens with one attached hydrogen (secondary N) is 1. The number of nitrogens with zero attached hydrogens (tertiary/aromatic N) is 1. The van der Waals surface area contributed by atoms with E-state index in [-0.39, 0.29) is 18.8 Å². The first-order chi connectivity index (χ1) is 17.8. The second kappa shape index (κ2) is 13.6. The van der Waals surface area contributed by atoms with Crippen molar-refractivity contribution < 1.29 is 19.0 Å². The summed E-state index contributed by atoms with van der Waals surface area (Å²) in [5.74, 6) is 3.31. The fourth-order valence-electron chi connectivity index (χ4n) is 3.14. The fourth-order valence-corrected chi connectivity index (χ4v) is 4.17. The Balaban J connectivity index is 1.70. The molecule has 0 saturated heterocycles. The molecule has 3 rings (SSSR count). The second-order valence-electron chi connectivity index (χ2n) is 7.43. The van der Waals surface area contributed by atoms with E-state index in [0.717, 1.165) is 5.56 Å². The predicted octanol–water partition coefficient (Wildman–Crippen LogP) is 7.29. The van der Waals surface area contributed by atoms with Crippen LogP contribution in [0.2, 0.25) is 10.0 Å². The van der Waals surface area contributed by atoms with Crippen molar-refractivity contribution >= 4 is 56.8 Å². The zero-order valence-corrected chi connectivity index (χ0v) is 22.8. The molecular formula is C28H21BrCl2N2O4. The van der Waals surface area contributed by atoms with Crippen molar-refractivity contribution in [2.45, 2.75) is 13.5 Å². The van der Waals surface area contributed by atoms with Crippen LogP contribution in [0.4, 0.5) is 5.69 Å². The van der Waals surface area contributed by atoms with Gasteiger partial charge in [0, 0.05) is 21.3 Å². The van der Waals surface area contributed by atoms with E-state index in [1.807, 2.05) is 13.0 Å². The molecule has 0 aliphatic heterocycles. The molecule has 37 heavy (non-hydrogen) atoms. The summed E-state index contributed by atoms with van der Waals surface area (Å²) in [5.41, 5.74) is 1.77. The summed E-state index contributed by atoms with van der Waals surface area (Å²) in [6, 6.07) is 17.3. The number of anilines is 1. The van der Waals surface area contributed by atoms with Gasteiger partial charge in [0.1, 0.15) is 30.6 Å². The molecule has 0 radical (unpaired) electrons. The van der Waals surface area contributed by atoms with Crippen LogP contribution < -0.4 is 19.5 Å². The molecule has 0 saturated carbocycles. The van der Waals surface area contributed by atoms with Crippen LogP contribution in [0, 0.1) is 23.7 Å². The van der Waals surface area contributed by atoms with Gasteiger partial charge in [-0.05, 0) is 83.0 Å². The van der Waals surface area contributed by atoms with Crippen molar-refractivity contribution in [3.63, 3.8) is 0 Å². The fraction of sp³-hybridized carbons (Fsp3) is 0.143. The van der Waals surface area contributed by atoms with E-state index in [9.17, 15) is 10.1 Å². The molecule has 0 atom stereocenters.